The van der Waals surface area contributed by atoms with Gasteiger partial charge in [0.1, 0.15) is 29.6 Å². The smallest absolute Gasteiger partial charge is 0.407 e. The maximum absolute atomic E-state index is 12.5. The Balaban J connectivity index is 1.58. The number of rotatable bonds is 14. The number of halogens is 1. The van der Waals surface area contributed by atoms with Crippen LogP contribution in [0.3, 0.4) is 0 Å². The number of ether oxygens (including phenoxy) is 4. The normalized spacial score (nSPS) is 26.0. The summed E-state index contributed by atoms with van der Waals surface area (Å²) < 4.78 is 22.7. The lowest BCUT2D eigenvalue weighted by atomic mass is 9.85. The van der Waals surface area contributed by atoms with Crippen molar-refractivity contribution < 1.29 is 33.3 Å². The van der Waals surface area contributed by atoms with Crippen molar-refractivity contribution in [2.45, 2.75) is 89.4 Å². The van der Waals surface area contributed by atoms with E-state index in [1.54, 1.807) is 21.1 Å². The third kappa shape index (κ3) is 8.72. The molecule has 0 aromatic heterocycles. The number of cyclic esters (lactones) is 1. The molecule has 0 saturated carbocycles. The summed E-state index contributed by atoms with van der Waals surface area (Å²) in [6, 6.07) is 5.11. The summed E-state index contributed by atoms with van der Waals surface area (Å²) in [7, 11) is 4.79. The van der Waals surface area contributed by atoms with E-state index in [0.29, 0.717) is 23.6 Å². The van der Waals surface area contributed by atoms with Crippen LogP contribution in [0, 0.1) is 5.92 Å². The molecule has 0 radical (unpaired) electrons. The first kappa shape index (κ1) is 33.4. The van der Waals surface area contributed by atoms with Crippen LogP contribution < -0.4 is 20.7 Å². The highest BCUT2D eigenvalue weighted by Gasteiger charge is 2.63. The van der Waals surface area contributed by atoms with E-state index in [2.05, 4.69) is 29.0 Å². The Labute approximate surface area is 253 Å². The fourth-order valence-electron chi connectivity index (χ4n) is 5.19. The van der Waals surface area contributed by atoms with Crippen LogP contribution in [0.25, 0.3) is 0 Å². The molecule has 1 aromatic carbocycles. The standard InChI is InChI=1S/C31H44ClN3O7/c1-18(14-21-12-13-23(32)25(15-21)39-7)10-8-9-11-22-16-24(40-30(38)35-22)19(2)28-31(4,42-28)26(17-27(36)34-6)41-29(37)20(3)33-5/h8-10,12-13,15,19-20,22,24,26,28,33H,11,14,16-17H2,1-7H3,(H,34,36)(H,35,38)/b9-8+,18-10+/t19-,20-,22?,24?,26+,28?,31?/m1/s1. The number of benzene rings is 1. The fraction of sp³-hybridized carbons (Fsp3) is 0.581. The van der Waals surface area contributed by atoms with Crippen molar-refractivity contribution >= 4 is 29.6 Å². The summed E-state index contributed by atoms with van der Waals surface area (Å²) in [6.07, 6.45) is 6.03. The molecule has 2 heterocycles. The zero-order valence-corrected chi connectivity index (χ0v) is 26.2. The number of alkyl carbamates (subject to hydrolysis) is 1. The van der Waals surface area contributed by atoms with Crippen molar-refractivity contribution in [3.05, 3.63) is 52.6 Å². The first-order valence-electron chi connectivity index (χ1n) is 14.3. The van der Waals surface area contributed by atoms with E-state index in [1.807, 2.05) is 44.2 Å². The summed E-state index contributed by atoms with van der Waals surface area (Å²) >= 11 is 6.12. The SMILES string of the molecule is CNC(=O)C[C@H](OC(=O)[C@@H](C)NC)C1(C)OC1[C@H](C)C1CC(C/C=C/C=C(\C)Cc2ccc(Cl)c(OC)c2)NC(=O)O1. The molecule has 2 saturated heterocycles. The number of amides is 2. The van der Waals surface area contributed by atoms with Gasteiger partial charge in [0, 0.05) is 25.4 Å². The van der Waals surface area contributed by atoms with Crippen molar-refractivity contribution in [3.63, 3.8) is 0 Å². The average Bonchev–Trinajstić information content (AvgIpc) is 3.66. The van der Waals surface area contributed by atoms with Gasteiger partial charge < -0.3 is 34.9 Å². The second kappa shape index (κ2) is 14.9. The molecule has 3 rings (SSSR count). The number of esters is 1. The van der Waals surface area contributed by atoms with E-state index in [0.717, 1.165) is 12.0 Å². The van der Waals surface area contributed by atoms with Crippen molar-refractivity contribution in [1.29, 1.82) is 0 Å². The van der Waals surface area contributed by atoms with Crippen LogP contribution in [0.1, 0.15) is 52.5 Å². The molecule has 2 fully saturated rings. The van der Waals surface area contributed by atoms with Gasteiger partial charge in [-0.3, -0.25) is 9.59 Å². The molecule has 42 heavy (non-hydrogen) atoms. The lowest BCUT2D eigenvalue weighted by molar-refractivity contribution is -0.155. The Morgan fingerprint density at radius 3 is 2.69 bits per heavy atom. The summed E-state index contributed by atoms with van der Waals surface area (Å²) in [5.41, 5.74) is 1.39. The molecule has 7 atom stereocenters. The summed E-state index contributed by atoms with van der Waals surface area (Å²) in [6.45, 7) is 7.53. The molecular weight excluding hydrogens is 562 g/mol. The lowest BCUT2D eigenvalue weighted by Gasteiger charge is -2.33. The highest BCUT2D eigenvalue weighted by Crippen LogP contribution is 2.48. The maximum Gasteiger partial charge on any atom is 0.407 e. The number of carbonyl (C=O) groups excluding carboxylic acids is 3. The highest BCUT2D eigenvalue weighted by atomic mass is 35.5. The summed E-state index contributed by atoms with van der Waals surface area (Å²) in [5.74, 6) is -0.254. The van der Waals surface area contributed by atoms with Crippen LogP contribution in [0.5, 0.6) is 5.75 Å². The maximum atomic E-state index is 12.5. The van der Waals surface area contributed by atoms with E-state index in [-0.39, 0.29) is 30.4 Å². The van der Waals surface area contributed by atoms with E-state index in [4.69, 9.17) is 30.5 Å². The minimum absolute atomic E-state index is 0.0314. The van der Waals surface area contributed by atoms with Gasteiger partial charge in [0.2, 0.25) is 5.91 Å². The van der Waals surface area contributed by atoms with Gasteiger partial charge in [0.25, 0.3) is 0 Å². The van der Waals surface area contributed by atoms with Crippen molar-refractivity contribution in [2.24, 2.45) is 5.92 Å². The summed E-state index contributed by atoms with van der Waals surface area (Å²) in [4.78, 5) is 37.2. The Morgan fingerprint density at radius 2 is 2.02 bits per heavy atom. The molecular formula is C31H44ClN3O7. The van der Waals surface area contributed by atoms with E-state index in [1.165, 1.54) is 12.6 Å². The molecule has 2 aliphatic rings. The Hall–Kier alpha value is -3.08. The second-order valence-corrected chi connectivity index (χ2v) is 11.6. The van der Waals surface area contributed by atoms with E-state index < -0.39 is 35.9 Å². The predicted molar refractivity (Wildman–Crippen MR) is 161 cm³/mol. The molecule has 2 aliphatic heterocycles. The highest BCUT2D eigenvalue weighted by molar-refractivity contribution is 6.32. The van der Waals surface area contributed by atoms with E-state index in [9.17, 15) is 14.4 Å². The van der Waals surface area contributed by atoms with Crippen LogP contribution in [0.4, 0.5) is 4.79 Å². The molecule has 11 heteroatoms. The number of methoxy groups -OCH3 is 1. The first-order valence-corrected chi connectivity index (χ1v) is 14.7. The van der Waals surface area contributed by atoms with Gasteiger partial charge in [0.05, 0.1) is 24.7 Å². The van der Waals surface area contributed by atoms with Crippen molar-refractivity contribution in [1.82, 2.24) is 16.0 Å². The molecule has 1 aromatic rings. The third-order valence-electron chi connectivity index (χ3n) is 8.02. The lowest BCUT2D eigenvalue weighted by Crippen LogP contribution is -2.49. The molecule has 10 nitrogen and oxygen atoms in total. The largest absolute Gasteiger partial charge is 0.495 e. The van der Waals surface area contributed by atoms with Gasteiger partial charge in [-0.1, -0.05) is 48.4 Å². The Kier molecular flexibility index (Phi) is 11.8. The van der Waals surface area contributed by atoms with Gasteiger partial charge in [-0.2, -0.15) is 0 Å². The van der Waals surface area contributed by atoms with Crippen LogP contribution in [0.2, 0.25) is 5.02 Å². The number of carbonyl (C=O) groups is 3. The second-order valence-electron chi connectivity index (χ2n) is 11.2. The minimum Gasteiger partial charge on any atom is -0.495 e. The molecule has 232 valence electrons. The number of hydrogen-bond acceptors (Lipinski definition) is 8. The average molecular weight is 606 g/mol. The molecule has 0 aliphatic carbocycles. The first-order chi connectivity index (χ1) is 19.9. The number of likely N-dealkylation sites (N-methyl/N-ethyl adjacent to an activating group) is 1. The van der Waals surface area contributed by atoms with Crippen LogP contribution in [-0.2, 0) is 30.2 Å². The Morgan fingerprint density at radius 1 is 1.29 bits per heavy atom. The van der Waals surface area contributed by atoms with E-state index >= 15 is 0 Å². The predicted octanol–water partition coefficient (Wildman–Crippen LogP) is 4.10. The van der Waals surface area contributed by atoms with Gasteiger partial charge in [-0.15, -0.1) is 0 Å². The Bertz CT molecular complexity index is 1190. The van der Waals surface area contributed by atoms with Crippen molar-refractivity contribution in [3.8, 4) is 5.75 Å². The molecule has 2 amide bonds. The molecule has 0 bridgehead atoms. The van der Waals surface area contributed by atoms with Gasteiger partial charge in [0.15, 0.2) is 0 Å². The fourth-order valence-corrected chi connectivity index (χ4v) is 5.38. The topological polar surface area (TPSA) is 128 Å². The number of allylic oxidation sites excluding steroid dienone is 3. The summed E-state index contributed by atoms with van der Waals surface area (Å²) in [5, 5.41) is 8.91. The zero-order valence-electron chi connectivity index (χ0n) is 25.5. The third-order valence-corrected chi connectivity index (χ3v) is 8.33. The number of epoxide rings is 1. The number of hydrogen-bond donors (Lipinski definition) is 3. The molecule has 4 unspecified atom stereocenters. The molecule has 0 spiro atoms. The minimum atomic E-state index is -0.877. The van der Waals surface area contributed by atoms with Gasteiger partial charge >= 0.3 is 12.1 Å². The van der Waals surface area contributed by atoms with Crippen LogP contribution in [0.15, 0.2) is 42.0 Å². The van der Waals surface area contributed by atoms with Crippen LogP contribution in [-0.4, -0.2) is 75.2 Å². The quantitative estimate of drug-likeness (QED) is 0.164. The van der Waals surface area contributed by atoms with Crippen LogP contribution >= 0.6 is 11.6 Å². The van der Waals surface area contributed by atoms with Gasteiger partial charge in [-0.05, 0) is 58.4 Å². The zero-order chi connectivity index (χ0) is 31.0. The van der Waals surface area contributed by atoms with Gasteiger partial charge in [-0.25, -0.2) is 4.79 Å². The molecule has 3 N–H and O–H groups in total. The monoisotopic (exact) mass is 605 g/mol. The van der Waals surface area contributed by atoms with Crippen molar-refractivity contribution in [2.75, 3.05) is 21.2 Å². The number of nitrogens with one attached hydrogen (secondary N) is 3.